The highest BCUT2D eigenvalue weighted by Gasteiger charge is 2.43. The zero-order chi connectivity index (χ0) is 38.6. The zero-order valence-electron chi connectivity index (χ0n) is 33.1. The van der Waals surface area contributed by atoms with Crippen LogP contribution in [0, 0.1) is 23.7 Å². The van der Waals surface area contributed by atoms with Crippen LogP contribution >= 0.6 is 0 Å². The van der Waals surface area contributed by atoms with Crippen molar-refractivity contribution in [2.24, 2.45) is 23.7 Å². The summed E-state index contributed by atoms with van der Waals surface area (Å²) in [6.07, 6.45) is 0.147. The molecule has 1 aromatic rings. The molecule has 1 heterocycles. The van der Waals surface area contributed by atoms with Crippen molar-refractivity contribution in [3.05, 3.63) is 35.9 Å². The average molecular weight is 718 g/mol. The molecule has 12 heteroatoms. The SMILES string of the molecule is CC[C@H](C)[C@H]([C@H](CC(=O)N1CCC[C@@H]1[C@H](OC)[C@H](C)C(=O)N[C@H](C)[C@H](O)c1ccccc1)OC)N(C)C(=O)[C@@H](NC(=O)[C@@H](NC)C(C)C)C(C)C. The van der Waals surface area contributed by atoms with E-state index in [1.54, 1.807) is 52.0 Å². The normalized spacial score (nSPS) is 20.1. The Morgan fingerprint density at radius 2 is 1.53 bits per heavy atom. The second kappa shape index (κ2) is 20.8. The summed E-state index contributed by atoms with van der Waals surface area (Å²) in [7, 11) is 6.57. The lowest BCUT2D eigenvalue weighted by Crippen LogP contribution is -2.59. The van der Waals surface area contributed by atoms with Crippen molar-refractivity contribution >= 4 is 23.6 Å². The molecule has 0 radical (unpaired) electrons. The van der Waals surface area contributed by atoms with Gasteiger partial charge >= 0.3 is 0 Å². The fourth-order valence-electron chi connectivity index (χ4n) is 7.42. The second-order valence-electron chi connectivity index (χ2n) is 15.0. The number of ether oxygens (including phenoxy) is 2. The standard InChI is InChI=1S/C39H67N5O7/c1-13-25(6)34(43(10)39(49)33(24(4)5)42-38(48)32(40-9)23(2)3)30(50-11)22-31(45)44-21-17-20-29(44)36(51-12)26(7)37(47)41-27(8)35(46)28-18-15-14-16-19-28/h14-16,18-19,23-27,29-30,32-36,40,46H,13,17,20-22H2,1-12H3,(H,41,47)(H,42,48)/t25-,26-,27+,29+,30-,32-,33-,34+,35-,36+/m0/s1. The van der Waals surface area contributed by atoms with Crippen molar-refractivity contribution < 1.29 is 33.8 Å². The molecule has 0 spiro atoms. The number of carbonyl (C=O) groups is 4. The summed E-state index contributed by atoms with van der Waals surface area (Å²) < 4.78 is 11.9. The van der Waals surface area contributed by atoms with Crippen LogP contribution in [0.2, 0.25) is 0 Å². The van der Waals surface area contributed by atoms with Gasteiger partial charge < -0.3 is 40.3 Å². The maximum absolute atomic E-state index is 14.1. The van der Waals surface area contributed by atoms with Gasteiger partial charge in [-0.3, -0.25) is 19.2 Å². The quantitative estimate of drug-likeness (QED) is 0.160. The first-order chi connectivity index (χ1) is 24.0. The molecule has 0 unspecified atom stereocenters. The molecule has 12 nitrogen and oxygen atoms in total. The molecule has 0 bridgehead atoms. The third kappa shape index (κ3) is 11.5. The summed E-state index contributed by atoms with van der Waals surface area (Å²) in [5.41, 5.74) is 0.711. The molecule has 10 atom stereocenters. The largest absolute Gasteiger partial charge is 0.386 e. The highest BCUT2D eigenvalue weighted by molar-refractivity contribution is 5.90. The Morgan fingerprint density at radius 3 is 2.04 bits per heavy atom. The molecule has 1 aliphatic rings. The van der Waals surface area contributed by atoms with Crippen molar-refractivity contribution in [3.8, 4) is 0 Å². The Hall–Kier alpha value is -3.06. The van der Waals surface area contributed by atoms with Gasteiger partial charge in [0.2, 0.25) is 23.6 Å². The van der Waals surface area contributed by atoms with Crippen molar-refractivity contribution in [1.82, 2.24) is 25.8 Å². The molecule has 4 amide bonds. The number of hydrogen-bond acceptors (Lipinski definition) is 8. The number of aliphatic hydroxyl groups is 1. The van der Waals surface area contributed by atoms with Gasteiger partial charge in [0.05, 0.1) is 54.8 Å². The van der Waals surface area contributed by atoms with E-state index in [-0.39, 0.29) is 53.8 Å². The second-order valence-corrected chi connectivity index (χ2v) is 15.0. The summed E-state index contributed by atoms with van der Waals surface area (Å²) in [4.78, 5) is 58.3. The molecule has 1 fully saturated rings. The molecular weight excluding hydrogens is 650 g/mol. The van der Waals surface area contributed by atoms with Crippen molar-refractivity contribution in [3.63, 3.8) is 0 Å². The number of likely N-dealkylation sites (tertiary alicyclic amines) is 1. The summed E-state index contributed by atoms with van der Waals surface area (Å²) in [5, 5.41) is 19.8. The van der Waals surface area contributed by atoms with E-state index in [0.29, 0.717) is 18.5 Å². The lowest BCUT2D eigenvalue weighted by atomic mass is 9.89. The fraction of sp³-hybridized carbons (Fsp3) is 0.744. The molecule has 1 saturated heterocycles. The van der Waals surface area contributed by atoms with Gasteiger partial charge in [-0.15, -0.1) is 0 Å². The highest BCUT2D eigenvalue weighted by Crippen LogP contribution is 2.30. The maximum atomic E-state index is 14.1. The third-order valence-corrected chi connectivity index (χ3v) is 10.7. The molecule has 51 heavy (non-hydrogen) atoms. The van der Waals surface area contributed by atoms with E-state index < -0.39 is 48.4 Å². The Bertz CT molecular complexity index is 1250. The van der Waals surface area contributed by atoms with Crippen LogP contribution in [0.25, 0.3) is 0 Å². The fourth-order valence-corrected chi connectivity index (χ4v) is 7.42. The van der Waals surface area contributed by atoms with Crippen LogP contribution < -0.4 is 16.0 Å². The number of rotatable bonds is 20. The van der Waals surface area contributed by atoms with Gasteiger partial charge in [0, 0.05) is 27.8 Å². The zero-order valence-corrected chi connectivity index (χ0v) is 33.1. The van der Waals surface area contributed by atoms with Crippen molar-refractivity contribution in [2.75, 3.05) is 34.9 Å². The minimum atomic E-state index is -0.875. The minimum absolute atomic E-state index is 0.0148. The smallest absolute Gasteiger partial charge is 0.245 e. The van der Waals surface area contributed by atoms with Crippen LogP contribution in [-0.2, 0) is 28.7 Å². The first-order valence-corrected chi connectivity index (χ1v) is 18.7. The molecule has 4 N–H and O–H groups in total. The van der Waals surface area contributed by atoms with Gasteiger partial charge in [0.15, 0.2) is 0 Å². The van der Waals surface area contributed by atoms with E-state index in [9.17, 15) is 24.3 Å². The molecule has 290 valence electrons. The molecule has 1 aliphatic heterocycles. The third-order valence-electron chi connectivity index (χ3n) is 10.7. The molecule has 1 aromatic carbocycles. The average Bonchev–Trinajstić information content (AvgIpc) is 3.59. The molecule has 0 saturated carbocycles. The summed E-state index contributed by atoms with van der Waals surface area (Å²) in [5.74, 6) is -1.62. The predicted molar refractivity (Wildman–Crippen MR) is 200 cm³/mol. The molecule has 2 rings (SSSR count). The number of nitrogens with one attached hydrogen (secondary N) is 3. The topological polar surface area (TPSA) is 150 Å². The summed E-state index contributed by atoms with van der Waals surface area (Å²) in [6, 6.07) is 6.67. The Labute approximate surface area is 306 Å². The van der Waals surface area contributed by atoms with Crippen LogP contribution in [0.3, 0.4) is 0 Å². The van der Waals surface area contributed by atoms with Gasteiger partial charge in [-0.05, 0) is 50.1 Å². The molecule has 0 aliphatic carbocycles. The van der Waals surface area contributed by atoms with E-state index in [1.807, 2.05) is 71.9 Å². The van der Waals surface area contributed by atoms with E-state index in [4.69, 9.17) is 9.47 Å². The first kappa shape index (κ1) is 44.1. The number of nitrogens with zero attached hydrogens (tertiary/aromatic N) is 2. The maximum Gasteiger partial charge on any atom is 0.245 e. The summed E-state index contributed by atoms with van der Waals surface area (Å²) >= 11 is 0. The number of carbonyl (C=O) groups excluding carboxylic acids is 4. The lowest BCUT2D eigenvalue weighted by Gasteiger charge is -2.41. The predicted octanol–water partition coefficient (Wildman–Crippen LogP) is 3.53. The number of likely N-dealkylation sites (N-methyl/N-ethyl adjacent to an activating group) is 2. The lowest BCUT2D eigenvalue weighted by molar-refractivity contribution is -0.148. The number of benzene rings is 1. The van der Waals surface area contributed by atoms with Crippen LogP contribution in [0.5, 0.6) is 0 Å². The van der Waals surface area contributed by atoms with E-state index in [0.717, 1.165) is 12.8 Å². The van der Waals surface area contributed by atoms with Gasteiger partial charge in [-0.1, -0.05) is 85.2 Å². The Balaban J connectivity index is 2.24. The summed E-state index contributed by atoms with van der Waals surface area (Å²) in [6.45, 7) is 15.9. The highest BCUT2D eigenvalue weighted by atomic mass is 16.5. The van der Waals surface area contributed by atoms with Gasteiger partial charge in [-0.2, -0.15) is 0 Å². The van der Waals surface area contributed by atoms with Crippen LogP contribution in [0.1, 0.15) is 92.7 Å². The molecule has 0 aromatic heterocycles. The number of aliphatic hydroxyl groups excluding tert-OH is 1. The van der Waals surface area contributed by atoms with E-state index in [2.05, 4.69) is 16.0 Å². The van der Waals surface area contributed by atoms with Crippen LogP contribution in [0.4, 0.5) is 0 Å². The minimum Gasteiger partial charge on any atom is -0.386 e. The van der Waals surface area contributed by atoms with Crippen LogP contribution in [-0.4, -0.2) is 116 Å². The number of amides is 4. The number of methoxy groups -OCH3 is 2. The molecular formula is C39H67N5O7. The van der Waals surface area contributed by atoms with Gasteiger partial charge in [-0.25, -0.2) is 0 Å². The van der Waals surface area contributed by atoms with E-state index >= 15 is 0 Å². The monoisotopic (exact) mass is 718 g/mol. The Morgan fingerprint density at radius 1 is 0.922 bits per heavy atom. The van der Waals surface area contributed by atoms with E-state index in [1.165, 1.54) is 0 Å². The van der Waals surface area contributed by atoms with Crippen molar-refractivity contribution in [2.45, 2.75) is 130 Å². The van der Waals surface area contributed by atoms with Gasteiger partial charge in [0.1, 0.15) is 6.04 Å². The number of hydrogen-bond donors (Lipinski definition) is 4. The van der Waals surface area contributed by atoms with Crippen LogP contribution in [0.15, 0.2) is 30.3 Å². The Kier molecular flexibility index (Phi) is 18.0. The van der Waals surface area contributed by atoms with Gasteiger partial charge in [0.25, 0.3) is 0 Å². The first-order valence-electron chi connectivity index (χ1n) is 18.7. The van der Waals surface area contributed by atoms with Crippen molar-refractivity contribution in [1.29, 1.82) is 0 Å².